The molecule has 2 aromatic rings. The molecule has 13 heavy (non-hydrogen) atoms. The smallest absolute Gasteiger partial charge is 0.140 e. The van der Waals surface area contributed by atoms with Gasteiger partial charge < -0.3 is 4.98 Å². The number of nitrogens with zero attached hydrogens (tertiary/aromatic N) is 2. The van der Waals surface area contributed by atoms with Crippen LogP contribution in [0.25, 0.3) is 11.3 Å². The van der Waals surface area contributed by atoms with Crippen molar-refractivity contribution in [2.75, 3.05) is 0 Å². The molecule has 2 rings (SSSR count). The van der Waals surface area contributed by atoms with Gasteiger partial charge in [-0.05, 0) is 24.3 Å². The van der Waals surface area contributed by atoms with Crippen molar-refractivity contribution >= 4 is 0 Å². The number of nitrogens with one attached hydrogen (secondary N) is 1. The van der Waals surface area contributed by atoms with E-state index >= 15 is 0 Å². The Morgan fingerprint density at radius 2 is 2.23 bits per heavy atom. The highest BCUT2D eigenvalue weighted by Crippen LogP contribution is 2.14. The molecule has 2 heterocycles. The second-order valence-electron chi connectivity index (χ2n) is 2.63. The SMILES string of the molecule is N#Cc1ccc(-c2ccc[nH]2)cn1. The zero-order chi connectivity index (χ0) is 9.10. The number of nitriles is 1. The molecule has 3 heteroatoms. The summed E-state index contributed by atoms with van der Waals surface area (Å²) in [7, 11) is 0. The zero-order valence-electron chi connectivity index (χ0n) is 6.86. The highest BCUT2D eigenvalue weighted by atomic mass is 14.7. The molecular formula is C10H7N3. The molecule has 0 aliphatic heterocycles. The zero-order valence-corrected chi connectivity index (χ0v) is 6.86. The van der Waals surface area contributed by atoms with Crippen LogP contribution < -0.4 is 0 Å². The molecule has 0 unspecified atom stereocenters. The molecule has 0 bridgehead atoms. The molecule has 0 radical (unpaired) electrons. The number of hydrogen-bond acceptors (Lipinski definition) is 2. The third-order valence-corrected chi connectivity index (χ3v) is 1.79. The summed E-state index contributed by atoms with van der Waals surface area (Å²) in [6.45, 7) is 0. The van der Waals surface area contributed by atoms with Gasteiger partial charge in [-0.3, -0.25) is 0 Å². The topological polar surface area (TPSA) is 52.5 Å². The summed E-state index contributed by atoms with van der Waals surface area (Å²) in [6, 6.07) is 9.44. The van der Waals surface area contributed by atoms with E-state index in [0.29, 0.717) is 5.69 Å². The number of H-pyrrole nitrogens is 1. The molecule has 0 atom stereocenters. The quantitative estimate of drug-likeness (QED) is 0.709. The Balaban J connectivity index is 2.40. The van der Waals surface area contributed by atoms with Crippen LogP contribution in [0.3, 0.4) is 0 Å². The van der Waals surface area contributed by atoms with E-state index in [9.17, 15) is 0 Å². The Kier molecular flexibility index (Phi) is 1.81. The van der Waals surface area contributed by atoms with E-state index in [1.165, 1.54) is 0 Å². The predicted molar refractivity (Wildman–Crippen MR) is 48.7 cm³/mol. The number of pyridine rings is 1. The normalized spacial score (nSPS) is 9.46. The van der Waals surface area contributed by atoms with E-state index in [2.05, 4.69) is 9.97 Å². The first-order valence-electron chi connectivity index (χ1n) is 3.90. The van der Waals surface area contributed by atoms with Crippen LogP contribution in [0.5, 0.6) is 0 Å². The van der Waals surface area contributed by atoms with Gasteiger partial charge in [0.15, 0.2) is 0 Å². The molecule has 0 aromatic carbocycles. The first kappa shape index (κ1) is 7.56. The molecule has 62 valence electrons. The summed E-state index contributed by atoms with van der Waals surface area (Å²) in [6.07, 6.45) is 3.54. The number of hydrogen-bond donors (Lipinski definition) is 1. The molecule has 3 nitrogen and oxygen atoms in total. The predicted octanol–water partition coefficient (Wildman–Crippen LogP) is 1.95. The highest BCUT2D eigenvalue weighted by molar-refractivity contribution is 5.58. The van der Waals surface area contributed by atoms with Crippen molar-refractivity contribution in [3.8, 4) is 17.3 Å². The van der Waals surface area contributed by atoms with Gasteiger partial charge in [0.1, 0.15) is 11.8 Å². The Morgan fingerprint density at radius 1 is 1.31 bits per heavy atom. The van der Waals surface area contributed by atoms with Gasteiger partial charge in [-0.2, -0.15) is 5.26 Å². The van der Waals surface area contributed by atoms with Crippen LogP contribution in [-0.2, 0) is 0 Å². The molecule has 0 saturated carbocycles. The average Bonchev–Trinajstić information content (AvgIpc) is 2.71. The van der Waals surface area contributed by atoms with Gasteiger partial charge in [0.25, 0.3) is 0 Å². The molecule has 0 aliphatic carbocycles. The van der Waals surface area contributed by atoms with Gasteiger partial charge in [0.05, 0.1) is 0 Å². The first-order valence-corrected chi connectivity index (χ1v) is 3.90. The maximum absolute atomic E-state index is 8.54. The standard InChI is InChI=1S/C10H7N3/c11-6-9-4-3-8(7-13-9)10-2-1-5-12-10/h1-5,7,12H. The molecule has 0 amide bonds. The van der Waals surface area contributed by atoms with Crippen molar-refractivity contribution in [2.24, 2.45) is 0 Å². The van der Waals surface area contributed by atoms with E-state index in [-0.39, 0.29) is 0 Å². The fourth-order valence-electron chi connectivity index (χ4n) is 1.13. The number of rotatable bonds is 1. The highest BCUT2D eigenvalue weighted by Gasteiger charge is 1.97. The van der Waals surface area contributed by atoms with Crippen molar-refractivity contribution in [3.05, 3.63) is 42.4 Å². The number of aromatic amines is 1. The third-order valence-electron chi connectivity index (χ3n) is 1.79. The van der Waals surface area contributed by atoms with Gasteiger partial charge in [-0.1, -0.05) is 0 Å². The Bertz CT molecular complexity index is 420. The maximum atomic E-state index is 8.54. The molecule has 1 N–H and O–H groups in total. The van der Waals surface area contributed by atoms with Crippen molar-refractivity contribution in [1.29, 1.82) is 5.26 Å². The van der Waals surface area contributed by atoms with Crippen molar-refractivity contribution in [3.63, 3.8) is 0 Å². The molecule has 0 saturated heterocycles. The third kappa shape index (κ3) is 1.42. The molecule has 0 aliphatic rings. The molecule has 0 fully saturated rings. The average molecular weight is 169 g/mol. The molecule has 2 aromatic heterocycles. The Morgan fingerprint density at radius 3 is 2.77 bits per heavy atom. The maximum Gasteiger partial charge on any atom is 0.140 e. The lowest BCUT2D eigenvalue weighted by atomic mass is 10.2. The minimum Gasteiger partial charge on any atom is -0.361 e. The van der Waals surface area contributed by atoms with Gasteiger partial charge >= 0.3 is 0 Å². The molecule has 0 spiro atoms. The van der Waals surface area contributed by atoms with E-state index in [0.717, 1.165) is 11.3 Å². The lowest BCUT2D eigenvalue weighted by Gasteiger charge is -1.95. The largest absolute Gasteiger partial charge is 0.361 e. The van der Waals surface area contributed by atoms with Gasteiger partial charge in [0, 0.05) is 23.7 Å². The second kappa shape index (κ2) is 3.11. The summed E-state index contributed by atoms with van der Waals surface area (Å²) in [5, 5.41) is 8.54. The van der Waals surface area contributed by atoms with E-state index < -0.39 is 0 Å². The summed E-state index contributed by atoms with van der Waals surface area (Å²) in [4.78, 5) is 7.04. The van der Waals surface area contributed by atoms with Crippen LogP contribution in [0.1, 0.15) is 5.69 Å². The Hall–Kier alpha value is -2.08. The fourth-order valence-corrected chi connectivity index (χ4v) is 1.13. The second-order valence-corrected chi connectivity index (χ2v) is 2.63. The minimum absolute atomic E-state index is 0.440. The van der Waals surface area contributed by atoms with E-state index in [1.54, 1.807) is 12.3 Å². The van der Waals surface area contributed by atoms with Crippen LogP contribution in [0.15, 0.2) is 36.7 Å². The minimum atomic E-state index is 0.440. The summed E-state index contributed by atoms with van der Waals surface area (Å²) in [5.41, 5.74) is 2.44. The van der Waals surface area contributed by atoms with Crippen molar-refractivity contribution in [1.82, 2.24) is 9.97 Å². The van der Waals surface area contributed by atoms with Gasteiger partial charge in [-0.15, -0.1) is 0 Å². The van der Waals surface area contributed by atoms with Crippen LogP contribution in [0.4, 0.5) is 0 Å². The van der Waals surface area contributed by atoms with Crippen LogP contribution >= 0.6 is 0 Å². The van der Waals surface area contributed by atoms with Crippen LogP contribution in [0, 0.1) is 11.3 Å². The van der Waals surface area contributed by atoms with E-state index in [1.807, 2.05) is 30.5 Å². The van der Waals surface area contributed by atoms with Gasteiger partial charge in [-0.25, -0.2) is 4.98 Å². The van der Waals surface area contributed by atoms with Crippen LogP contribution in [0.2, 0.25) is 0 Å². The Labute approximate surface area is 75.7 Å². The summed E-state index contributed by atoms with van der Waals surface area (Å²) >= 11 is 0. The molecular weight excluding hydrogens is 162 g/mol. The monoisotopic (exact) mass is 169 g/mol. The van der Waals surface area contributed by atoms with E-state index in [4.69, 9.17) is 5.26 Å². The van der Waals surface area contributed by atoms with Gasteiger partial charge in [0.2, 0.25) is 0 Å². The fraction of sp³-hybridized carbons (Fsp3) is 0. The lowest BCUT2D eigenvalue weighted by Crippen LogP contribution is -1.83. The van der Waals surface area contributed by atoms with Crippen molar-refractivity contribution in [2.45, 2.75) is 0 Å². The first-order chi connectivity index (χ1) is 6.40. The van der Waals surface area contributed by atoms with Crippen LogP contribution in [-0.4, -0.2) is 9.97 Å². The lowest BCUT2D eigenvalue weighted by molar-refractivity contribution is 1.25. The summed E-state index contributed by atoms with van der Waals surface area (Å²) < 4.78 is 0. The van der Waals surface area contributed by atoms with Crippen molar-refractivity contribution < 1.29 is 0 Å². The summed E-state index contributed by atoms with van der Waals surface area (Å²) in [5.74, 6) is 0. The number of aromatic nitrogens is 2.